The number of nitrogens with zero attached hydrogens (tertiary/aromatic N) is 1. The molecule has 0 unspecified atom stereocenters. The van der Waals surface area contributed by atoms with E-state index in [-0.39, 0.29) is 0 Å². The highest BCUT2D eigenvalue weighted by molar-refractivity contribution is 5.40. The van der Waals surface area contributed by atoms with E-state index in [1.54, 1.807) is 24.3 Å². The fourth-order valence-electron chi connectivity index (χ4n) is 0.938. The van der Waals surface area contributed by atoms with Gasteiger partial charge in [-0.3, -0.25) is 0 Å². The predicted octanol–water partition coefficient (Wildman–Crippen LogP) is 3.26. The van der Waals surface area contributed by atoms with Crippen molar-refractivity contribution >= 4 is 5.69 Å². The Labute approximate surface area is 77.7 Å². The SMILES string of the molecule is CCCCOc1ccc(N=O)cc1. The lowest BCUT2D eigenvalue weighted by Gasteiger charge is -2.03. The molecule has 13 heavy (non-hydrogen) atoms. The van der Waals surface area contributed by atoms with E-state index in [2.05, 4.69) is 12.1 Å². The molecular weight excluding hydrogens is 166 g/mol. The summed E-state index contributed by atoms with van der Waals surface area (Å²) in [5.41, 5.74) is 0.433. The average molecular weight is 179 g/mol. The molecule has 0 fully saturated rings. The summed E-state index contributed by atoms with van der Waals surface area (Å²) in [5, 5.41) is 2.80. The maximum Gasteiger partial charge on any atom is 0.119 e. The third kappa shape index (κ3) is 3.23. The van der Waals surface area contributed by atoms with Crippen LogP contribution in [0.1, 0.15) is 19.8 Å². The molecule has 0 saturated carbocycles. The Morgan fingerprint density at radius 1 is 1.31 bits per heavy atom. The van der Waals surface area contributed by atoms with Gasteiger partial charge in [-0.1, -0.05) is 13.3 Å². The molecule has 0 saturated heterocycles. The first kappa shape index (κ1) is 9.71. The van der Waals surface area contributed by atoms with Gasteiger partial charge in [-0.25, -0.2) is 0 Å². The maximum atomic E-state index is 10.1. The fraction of sp³-hybridized carbons (Fsp3) is 0.400. The molecule has 0 amide bonds. The molecule has 1 aromatic carbocycles. The summed E-state index contributed by atoms with van der Waals surface area (Å²) in [7, 11) is 0. The first-order chi connectivity index (χ1) is 6.36. The molecule has 0 bridgehead atoms. The zero-order chi connectivity index (χ0) is 9.52. The molecule has 3 nitrogen and oxygen atoms in total. The smallest absolute Gasteiger partial charge is 0.119 e. The molecule has 1 rings (SSSR count). The zero-order valence-electron chi connectivity index (χ0n) is 7.69. The number of benzene rings is 1. The first-order valence-electron chi connectivity index (χ1n) is 4.43. The summed E-state index contributed by atoms with van der Waals surface area (Å²) in [6, 6.07) is 6.81. The Hall–Kier alpha value is -1.38. The van der Waals surface area contributed by atoms with Crippen LogP contribution in [0.2, 0.25) is 0 Å². The van der Waals surface area contributed by atoms with Gasteiger partial charge in [-0.2, -0.15) is 0 Å². The van der Waals surface area contributed by atoms with Gasteiger partial charge in [0.2, 0.25) is 0 Å². The third-order valence-corrected chi connectivity index (χ3v) is 1.71. The highest BCUT2D eigenvalue weighted by Gasteiger charge is 1.93. The number of ether oxygens (including phenoxy) is 1. The van der Waals surface area contributed by atoms with Crippen molar-refractivity contribution in [1.29, 1.82) is 0 Å². The van der Waals surface area contributed by atoms with Gasteiger partial charge in [-0.05, 0) is 35.9 Å². The van der Waals surface area contributed by atoms with E-state index in [0.29, 0.717) is 5.69 Å². The molecule has 0 aliphatic heterocycles. The van der Waals surface area contributed by atoms with Crippen LogP contribution in [-0.4, -0.2) is 6.61 Å². The van der Waals surface area contributed by atoms with Crippen LogP contribution in [0.25, 0.3) is 0 Å². The molecule has 0 atom stereocenters. The molecule has 1 aromatic rings. The maximum absolute atomic E-state index is 10.1. The van der Waals surface area contributed by atoms with Crippen LogP contribution < -0.4 is 4.74 Å². The number of nitroso groups, excluding NO2 is 1. The van der Waals surface area contributed by atoms with E-state index in [1.807, 2.05) is 0 Å². The van der Waals surface area contributed by atoms with E-state index in [9.17, 15) is 4.91 Å². The van der Waals surface area contributed by atoms with Crippen molar-refractivity contribution in [1.82, 2.24) is 0 Å². The molecule has 0 aliphatic rings. The van der Waals surface area contributed by atoms with Crippen LogP contribution in [0, 0.1) is 4.91 Å². The predicted molar refractivity (Wildman–Crippen MR) is 52.3 cm³/mol. The number of hydrogen-bond acceptors (Lipinski definition) is 3. The lowest BCUT2D eigenvalue weighted by molar-refractivity contribution is 0.309. The van der Waals surface area contributed by atoms with Gasteiger partial charge in [0.15, 0.2) is 0 Å². The third-order valence-electron chi connectivity index (χ3n) is 1.71. The lowest BCUT2D eigenvalue weighted by Crippen LogP contribution is -1.95. The van der Waals surface area contributed by atoms with Crippen LogP contribution in [0.3, 0.4) is 0 Å². The topological polar surface area (TPSA) is 38.7 Å². The van der Waals surface area contributed by atoms with E-state index < -0.39 is 0 Å². The second-order valence-electron chi connectivity index (χ2n) is 2.79. The molecule has 0 aromatic heterocycles. The molecule has 0 radical (unpaired) electrons. The van der Waals surface area contributed by atoms with Crippen molar-refractivity contribution in [3.8, 4) is 5.75 Å². The second kappa shape index (κ2) is 5.30. The molecule has 3 heteroatoms. The Kier molecular flexibility index (Phi) is 3.96. The van der Waals surface area contributed by atoms with Crippen molar-refractivity contribution in [2.75, 3.05) is 6.61 Å². The van der Waals surface area contributed by atoms with Crippen molar-refractivity contribution in [3.05, 3.63) is 29.2 Å². The van der Waals surface area contributed by atoms with Gasteiger partial charge in [-0.15, -0.1) is 4.91 Å². The fourth-order valence-corrected chi connectivity index (χ4v) is 0.938. The van der Waals surface area contributed by atoms with Gasteiger partial charge < -0.3 is 4.74 Å². The Morgan fingerprint density at radius 3 is 2.54 bits per heavy atom. The van der Waals surface area contributed by atoms with Gasteiger partial charge in [0.1, 0.15) is 11.4 Å². The minimum absolute atomic E-state index is 0.433. The Balaban J connectivity index is 2.44. The zero-order valence-corrected chi connectivity index (χ0v) is 7.69. The molecule has 0 spiro atoms. The number of hydrogen-bond donors (Lipinski definition) is 0. The van der Waals surface area contributed by atoms with E-state index in [0.717, 1.165) is 25.2 Å². The lowest BCUT2D eigenvalue weighted by atomic mass is 10.3. The van der Waals surface area contributed by atoms with Crippen LogP contribution in [0.5, 0.6) is 5.75 Å². The van der Waals surface area contributed by atoms with Crippen molar-refractivity contribution in [3.63, 3.8) is 0 Å². The van der Waals surface area contributed by atoms with Gasteiger partial charge in [0.25, 0.3) is 0 Å². The number of unbranched alkanes of at least 4 members (excludes halogenated alkanes) is 1. The van der Waals surface area contributed by atoms with E-state index >= 15 is 0 Å². The summed E-state index contributed by atoms with van der Waals surface area (Å²) < 4.78 is 5.40. The van der Waals surface area contributed by atoms with Gasteiger partial charge in [0.05, 0.1) is 6.61 Å². The minimum atomic E-state index is 0.433. The number of rotatable bonds is 5. The summed E-state index contributed by atoms with van der Waals surface area (Å²) in [6.45, 7) is 2.84. The van der Waals surface area contributed by atoms with Crippen molar-refractivity contribution in [2.24, 2.45) is 5.18 Å². The van der Waals surface area contributed by atoms with Crippen LogP contribution in [0.4, 0.5) is 5.69 Å². The van der Waals surface area contributed by atoms with Crippen molar-refractivity contribution < 1.29 is 4.74 Å². The largest absolute Gasteiger partial charge is 0.494 e. The summed E-state index contributed by atoms with van der Waals surface area (Å²) in [4.78, 5) is 10.1. The van der Waals surface area contributed by atoms with E-state index in [1.165, 1.54) is 0 Å². The van der Waals surface area contributed by atoms with E-state index in [4.69, 9.17) is 4.74 Å². The summed E-state index contributed by atoms with van der Waals surface area (Å²) in [5.74, 6) is 0.792. The van der Waals surface area contributed by atoms with Gasteiger partial charge in [0, 0.05) is 0 Å². The highest BCUT2D eigenvalue weighted by Crippen LogP contribution is 2.17. The first-order valence-corrected chi connectivity index (χ1v) is 4.43. The average Bonchev–Trinajstić information content (AvgIpc) is 2.19. The summed E-state index contributed by atoms with van der Waals surface area (Å²) >= 11 is 0. The molecule has 0 aliphatic carbocycles. The molecular formula is C10H13NO2. The molecule has 0 heterocycles. The summed E-state index contributed by atoms with van der Waals surface area (Å²) in [6.07, 6.45) is 2.17. The Bertz CT molecular complexity index is 256. The Morgan fingerprint density at radius 2 is 2.00 bits per heavy atom. The quantitative estimate of drug-likeness (QED) is 0.514. The standard InChI is InChI=1S/C10H13NO2/c1-2-3-8-13-10-6-4-9(11-12)5-7-10/h4-7H,2-3,8H2,1H3. The van der Waals surface area contributed by atoms with Crippen LogP contribution >= 0.6 is 0 Å². The van der Waals surface area contributed by atoms with Crippen molar-refractivity contribution in [2.45, 2.75) is 19.8 Å². The van der Waals surface area contributed by atoms with Crippen LogP contribution in [0.15, 0.2) is 29.4 Å². The molecule has 0 N–H and O–H groups in total. The molecule has 70 valence electrons. The normalized spacial score (nSPS) is 9.62. The van der Waals surface area contributed by atoms with Gasteiger partial charge >= 0.3 is 0 Å². The highest BCUT2D eigenvalue weighted by atomic mass is 16.5. The monoisotopic (exact) mass is 179 g/mol. The van der Waals surface area contributed by atoms with Crippen LogP contribution in [-0.2, 0) is 0 Å². The minimum Gasteiger partial charge on any atom is -0.494 e. The second-order valence-corrected chi connectivity index (χ2v) is 2.79.